The van der Waals surface area contributed by atoms with Gasteiger partial charge >= 0.3 is 12.1 Å². The first-order chi connectivity index (χ1) is 9.70. The van der Waals surface area contributed by atoms with Crippen LogP contribution in [0, 0.1) is 0 Å². The van der Waals surface area contributed by atoms with Gasteiger partial charge in [-0.15, -0.1) is 0 Å². The average molecular weight is 301 g/mol. The molecule has 0 aliphatic heterocycles. The highest BCUT2D eigenvalue weighted by atomic mass is 19.4. The molecule has 0 saturated heterocycles. The number of hydrogen-bond donors (Lipinski definition) is 2. The molecule has 0 spiro atoms. The second-order valence-corrected chi connectivity index (χ2v) is 4.71. The van der Waals surface area contributed by atoms with Gasteiger partial charge in [-0.2, -0.15) is 13.2 Å². The predicted molar refractivity (Wildman–Crippen MR) is 69.7 cm³/mol. The lowest BCUT2D eigenvalue weighted by Gasteiger charge is -2.27. The normalized spacial score (nSPS) is 15.1. The second-order valence-electron chi connectivity index (χ2n) is 4.71. The number of carboxylic acid groups (broad SMARTS) is 1. The highest BCUT2D eigenvalue weighted by Gasteiger charge is 2.58. The van der Waals surface area contributed by atoms with Crippen molar-refractivity contribution >= 4 is 17.0 Å². The zero-order chi connectivity index (χ0) is 15.8. The van der Waals surface area contributed by atoms with Gasteiger partial charge in [0.1, 0.15) is 5.82 Å². The Morgan fingerprint density at radius 3 is 2.52 bits per heavy atom. The fourth-order valence-corrected chi connectivity index (χ4v) is 2.16. The minimum atomic E-state index is -5.07. The van der Waals surface area contributed by atoms with Gasteiger partial charge in [0.25, 0.3) is 0 Å². The van der Waals surface area contributed by atoms with Crippen molar-refractivity contribution in [2.75, 3.05) is 0 Å². The fraction of sp³-hybridized carbons (Fsp3) is 0.385. The number of aryl methyl sites for hydroxylation is 1. The molecule has 2 aromatic rings. The summed E-state index contributed by atoms with van der Waals surface area (Å²) in [5.41, 5.74) is 2.91. The third kappa shape index (κ3) is 2.46. The smallest absolute Gasteiger partial charge is 0.417 e. The van der Waals surface area contributed by atoms with Gasteiger partial charge in [-0.1, -0.05) is 12.1 Å². The van der Waals surface area contributed by atoms with Crippen molar-refractivity contribution in [2.24, 2.45) is 5.73 Å². The van der Waals surface area contributed by atoms with Gasteiger partial charge in [0.2, 0.25) is 5.54 Å². The highest BCUT2D eigenvalue weighted by Crippen LogP contribution is 2.32. The van der Waals surface area contributed by atoms with E-state index in [1.165, 1.54) is 4.57 Å². The summed E-state index contributed by atoms with van der Waals surface area (Å²) in [5, 5.41) is 8.89. The predicted octanol–water partition coefficient (Wildman–Crippen LogP) is 1.94. The largest absolute Gasteiger partial charge is 0.480 e. The number of nitrogens with two attached hydrogens (primary N) is 1. The number of hydrogen-bond acceptors (Lipinski definition) is 3. The molecule has 1 aromatic heterocycles. The molecule has 21 heavy (non-hydrogen) atoms. The van der Waals surface area contributed by atoms with Gasteiger partial charge < -0.3 is 15.4 Å². The number of aromatic nitrogens is 2. The Morgan fingerprint density at radius 1 is 1.38 bits per heavy atom. The molecule has 1 atom stereocenters. The first kappa shape index (κ1) is 15.3. The van der Waals surface area contributed by atoms with E-state index in [0.717, 1.165) is 0 Å². The summed E-state index contributed by atoms with van der Waals surface area (Å²) < 4.78 is 40.5. The summed E-state index contributed by atoms with van der Waals surface area (Å²) in [4.78, 5) is 15.1. The van der Waals surface area contributed by atoms with Crippen LogP contribution in [-0.4, -0.2) is 32.3 Å². The van der Waals surface area contributed by atoms with Crippen molar-refractivity contribution in [3.05, 3.63) is 30.1 Å². The molecule has 0 fully saturated rings. The molecule has 0 aliphatic carbocycles. The molecular weight excluding hydrogens is 287 g/mol. The van der Waals surface area contributed by atoms with Gasteiger partial charge in [0.15, 0.2) is 0 Å². The van der Waals surface area contributed by atoms with Crippen molar-refractivity contribution in [2.45, 2.75) is 31.6 Å². The number of para-hydroxylation sites is 2. The number of fused-ring (bicyclic) bond motifs is 1. The maximum absolute atomic E-state index is 13.0. The molecular formula is C13H14F3N3O2. The number of carboxylic acids is 1. The van der Waals surface area contributed by atoms with Gasteiger partial charge in [-0.3, -0.25) is 0 Å². The van der Waals surface area contributed by atoms with Gasteiger partial charge in [0.05, 0.1) is 11.0 Å². The third-order valence-corrected chi connectivity index (χ3v) is 3.37. The van der Waals surface area contributed by atoms with Crippen LogP contribution < -0.4 is 5.73 Å². The van der Waals surface area contributed by atoms with Crippen LogP contribution in [0.4, 0.5) is 13.2 Å². The van der Waals surface area contributed by atoms with E-state index in [4.69, 9.17) is 10.8 Å². The van der Waals surface area contributed by atoms with Crippen LogP contribution in [0.15, 0.2) is 24.3 Å². The Hall–Kier alpha value is -2.09. The number of imidazole rings is 1. The first-order valence-corrected chi connectivity index (χ1v) is 6.24. The average Bonchev–Trinajstić information content (AvgIpc) is 2.73. The molecule has 5 nitrogen and oxygen atoms in total. The highest BCUT2D eigenvalue weighted by molar-refractivity contribution is 5.81. The summed E-state index contributed by atoms with van der Waals surface area (Å²) in [7, 11) is 0. The Balaban J connectivity index is 2.54. The number of aliphatic carboxylic acids is 1. The minimum absolute atomic E-state index is 0.000856. The van der Waals surface area contributed by atoms with Crippen LogP contribution in [0.5, 0.6) is 0 Å². The van der Waals surface area contributed by atoms with E-state index < -0.39 is 24.1 Å². The van der Waals surface area contributed by atoms with Crippen LogP contribution >= 0.6 is 0 Å². The molecule has 3 N–H and O–H groups in total. The molecule has 114 valence electrons. The molecule has 0 amide bonds. The van der Waals surface area contributed by atoms with E-state index in [9.17, 15) is 18.0 Å². The van der Waals surface area contributed by atoms with Crippen molar-refractivity contribution in [3.8, 4) is 0 Å². The van der Waals surface area contributed by atoms with Crippen molar-refractivity contribution < 1.29 is 23.1 Å². The van der Waals surface area contributed by atoms with E-state index >= 15 is 0 Å². The zero-order valence-corrected chi connectivity index (χ0v) is 11.2. The topological polar surface area (TPSA) is 81.1 Å². The molecule has 0 bridgehead atoms. The maximum atomic E-state index is 13.0. The first-order valence-electron chi connectivity index (χ1n) is 6.24. The summed E-state index contributed by atoms with van der Waals surface area (Å²) >= 11 is 0. The lowest BCUT2D eigenvalue weighted by atomic mass is 9.95. The number of alkyl halides is 3. The molecule has 1 heterocycles. The molecule has 0 saturated carbocycles. The van der Waals surface area contributed by atoms with E-state index in [0.29, 0.717) is 17.6 Å². The molecule has 8 heteroatoms. The third-order valence-electron chi connectivity index (χ3n) is 3.37. The molecule has 1 aromatic carbocycles. The standard InChI is InChI=1S/C13H14F3N3O2/c1-2-19-9-6-4-3-5-8(9)18-10(19)7-12(17,11(20)21)13(14,15)16/h3-6H,2,7,17H2,1H3,(H,20,21). The summed E-state index contributed by atoms with van der Waals surface area (Å²) in [6, 6.07) is 6.80. The van der Waals surface area contributed by atoms with Crippen LogP contribution in [-0.2, 0) is 17.8 Å². The number of carbonyl (C=O) groups is 1. The second kappa shape index (κ2) is 5.03. The Kier molecular flexibility index (Phi) is 3.66. The fourth-order valence-electron chi connectivity index (χ4n) is 2.16. The van der Waals surface area contributed by atoms with E-state index in [2.05, 4.69) is 4.98 Å². The number of rotatable bonds is 4. The zero-order valence-electron chi connectivity index (χ0n) is 11.2. The summed E-state index contributed by atoms with van der Waals surface area (Å²) in [6.45, 7) is 2.10. The maximum Gasteiger partial charge on any atom is 0.417 e. The molecule has 2 rings (SSSR count). The molecule has 1 unspecified atom stereocenters. The van der Waals surface area contributed by atoms with Gasteiger partial charge in [-0.25, -0.2) is 9.78 Å². The van der Waals surface area contributed by atoms with Crippen LogP contribution in [0.25, 0.3) is 11.0 Å². The number of halogens is 3. The molecule has 0 aliphatic rings. The number of benzene rings is 1. The van der Waals surface area contributed by atoms with E-state index in [-0.39, 0.29) is 5.82 Å². The summed E-state index contributed by atoms with van der Waals surface area (Å²) in [6.07, 6.45) is -6.00. The lowest BCUT2D eigenvalue weighted by Crippen LogP contribution is -2.61. The van der Waals surface area contributed by atoms with Gasteiger partial charge in [0, 0.05) is 13.0 Å². The van der Waals surface area contributed by atoms with E-state index in [1.54, 1.807) is 31.2 Å². The lowest BCUT2D eigenvalue weighted by molar-refractivity contribution is -0.202. The quantitative estimate of drug-likeness (QED) is 0.904. The SMILES string of the molecule is CCn1c(CC(N)(C(=O)O)C(F)(F)F)nc2ccccc21. The minimum Gasteiger partial charge on any atom is -0.480 e. The van der Waals surface area contributed by atoms with E-state index in [1.807, 2.05) is 0 Å². The van der Waals surface area contributed by atoms with Gasteiger partial charge in [-0.05, 0) is 19.1 Å². The molecule has 0 radical (unpaired) electrons. The van der Waals surface area contributed by atoms with Crippen LogP contribution in [0.2, 0.25) is 0 Å². The number of nitrogens with zero attached hydrogens (tertiary/aromatic N) is 2. The Morgan fingerprint density at radius 2 is 2.00 bits per heavy atom. The van der Waals surface area contributed by atoms with Crippen molar-refractivity contribution in [1.82, 2.24) is 9.55 Å². The van der Waals surface area contributed by atoms with Crippen LogP contribution in [0.3, 0.4) is 0 Å². The Bertz CT molecular complexity index is 681. The van der Waals surface area contributed by atoms with Crippen molar-refractivity contribution in [1.29, 1.82) is 0 Å². The Labute approximate surface area is 118 Å². The monoisotopic (exact) mass is 301 g/mol. The summed E-state index contributed by atoms with van der Waals surface area (Å²) in [5.74, 6) is -2.12. The van der Waals surface area contributed by atoms with Crippen molar-refractivity contribution in [3.63, 3.8) is 0 Å². The van der Waals surface area contributed by atoms with Crippen LogP contribution in [0.1, 0.15) is 12.7 Å².